The second-order valence-electron chi connectivity index (χ2n) is 6.71. The van der Waals surface area contributed by atoms with Crippen molar-refractivity contribution in [3.63, 3.8) is 0 Å². The normalized spacial score (nSPS) is 19.1. The quantitative estimate of drug-likeness (QED) is 0.662. The summed E-state index contributed by atoms with van der Waals surface area (Å²) in [6.45, 7) is 2.92. The van der Waals surface area contributed by atoms with Gasteiger partial charge in [-0.25, -0.2) is 0 Å². The van der Waals surface area contributed by atoms with E-state index in [-0.39, 0.29) is 12.9 Å². The number of fused-ring (bicyclic) bond motifs is 1. The van der Waals surface area contributed by atoms with Gasteiger partial charge in [-0.05, 0) is 11.6 Å². The predicted molar refractivity (Wildman–Crippen MR) is 101 cm³/mol. The molecule has 0 aliphatic carbocycles. The molecule has 2 aliphatic heterocycles. The van der Waals surface area contributed by atoms with Gasteiger partial charge < -0.3 is 18.7 Å². The minimum absolute atomic E-state index is 0.232. The van der Waals surface area contributed by atoms with Crippen molar-refractivity contribution < 1.29 is 18.7 Å². The average molecular weight is 400 g/mol. The lowest BCUT2D eigenvalue weighted by atomic mass is 10.1. The van der Waals surface area contributed by atoms with Crippen LogP contribution in [0.1, 0.15) is 17.6 Å². The molecule has 3 aromatic rings. The van der Waals surface area contributed by atoms with Crippen LogP contribution in [0, 0.1) is 0 Å². The van der Waals surface area contributed by atoms with Crippen molar-refractivity contribution in [3.8, 4) is 22.9 Å². The number of nitrogens with zero attached hydrogens (tertiary/aromatic N) is 3. The number of halogens is 1. The van der Waals surface area contributed by atoms with E-state index in [1.807, 2.05) is 36.4 Å². The zero-order chi connectivity index (χ0) is 18.9. The molecule has 0 unspecified atom stereocenters. The lowest BCUT2D eigenvalue weighted by Crippen LogP contribution is -2.38. The number of aromatic nitrogens is 2. The first-order valence-corrected chi connectivity index (χ1v) is 9.45. The Labute approximate surface area is 166 Å². The minimum atomic E-state index is -0.272. The third-order valence-electron chi connectivity index (χ3n) is 4.84. The fourth-order valence-corrected chi connectivity index (χ4v) is 3.60. The Bertz CT molecular complexity index is 979. The van der Waals surface area contributed by atoms with E-state index in [1.165, 1.54) is 0 Å². The van der Waals surface area contributed by atoms with Gasteiger partial charge in [-0.15, -0.1) is 0 Å². The van der Waals surface area contributed by atoms with Crippen molar-refractivity contribution in [1.29, 1.82) is 0 Å². The number of rotatable bonds is 4. The summed E-state index contributed by atoms with van der Waals surface area (Å²) in [7, 11) is 0. The maximum atomic E-state index is 6.42. The van der Waals surface area contributed by atoms with Crippen LogP contribution in [-0.4, -0.2) is 41.5 Å². The molecule has 1 atom stereocenters. The smallest absolute Gasteiger partial charge is 0.257 e. The Balaban J connectivity index is 1.30. The van der Waals surface area contributed by atoms with Gasteiger partial charge in [-0.3, -0.25) is 4.90 Å². The van der Waals surface area contributed by atoms with E-state index in [0.717, 1.165) is 23.4 Å². The van der Waals surface area contributed by atoms with Crippen LogP contribution < -0.4 is 9.47 Å². The molecule has 0 bridgehead atoms. The third-order valence-corrected chi connectivity index (χ3v) is 5.19. The average Bonchev–Trinajstić information content (AvgIpc) is 3.39. The molecule has 0 amide bonds. The van der Waals surface area contributed by atoms with Crippen LogP contribution >= 0.6 is 11.6 Å². The summed E-state index contributed by atoms with van der Waals surface area (Å²) in [5.41, 5.74) is 1.90. The van der Waals surface area contributed by atoms with Gasteiger partial charge in [-0.1, -0.05) is 47.1 Å². The monoisotopic (exact) mass is 399 g/mol. The highest BCUT2D eigenvalue weighted by Gasteiger charge is 2.28. The largest absolute Gasteiger partial charge is 0.454 e. The molecule has 3 heterocycles. The van der Waals surface area contributed by atoms with Gasteiger partial charge in [0.2, 0.25) is 12.6 Å². The molecule has 1 saturated heterocycles. The summed E-state index contributed by atoms with van der Waals surface area (Å²) in [4.78, 5) is 6.77. The second kappa shape index (κ2) is 7.43. The number of hydrogen-bond acceptors (Lipinski definition) is 7. The van der Waals surface area contributed by atoms with E-state index in [1.54, 1.807) is 6.07 Å². The summed E-state index contributed by atoms with van der Waals surface area (Å²) in [6.07, 6.45) is -0.272. The van der Waals surface area contributed by atoms with Crippen molar-refractivity contribution in [3.05, 3.63) is 58.9 Å². The van der Waals surface area contributed by atoms with E-state index in [2.05, 4.69) is 15.0 Å². The summed E-state index contributed by atoms with van der Waals surface area (Å²) in [6, 6.07) is 13.5. The highest BCUT2D eigenvalue weighted by atomic mass is 35.5. The van der Waals surface area contributed by atoms with Gasteiger partial charge in [0, 0.05) is 36.3 Å². The Morgan fingerprint density at radius 2 is 1.93 bits per heavy atom. The Kier molecular flexibility index (Phi) is 4.64. The van der Waals surface area contributed by atoms with Gasteiger partial charge >= 0.3 is 0 Å². The lowest BCUT2D eigenvalue weighted by Gasteiger charge is -2.31. The molecule has 0 radical (unpaired) electrons. The first-order valence-electron chi connectivity index (χ1n) is 9.07. The summed E-state index contributed by atoms with van der Waals surface area (Å²) in [5, 5.41) is 4.75. The first kappa shape index (κ1) is 17.5. The molecule has 28 heavy (non-hydrogen) atoms. The summed E-state index contributed by atoms with van der Waals surface area (Å²) >= 11 is 6.42. The fourth-order valence-electron chi connectivity index (χ4n) is 3.39. The summed E-state index contributed by atoms with van der Waals surface area (Å²) < 4.78 is 22.2. The number of morpholine rings is 1. The van der Waals surface area contributed by atoms with Gasteiger partial charge in [0.05, 0.1) is 6.61 Å². The van der Waals surface area contributed by atoms with E-state index >= 15 is 0 Å². The molecular formula is C20H18ClN3O4. The van der Waals surface area contributed by atoms with Crippen molar-refractivity contribution in [2.75, 3.05) is 26.5 Å². The van der Waals surface area contributed by atoms with Crippen LogP contribution in [0.4, 0.5) is 0 Å². The van der Waals surface area contributed by atoms with Gasteiger partial charge in [0.15, 0.2) is 11.5 Å². The molecule has 2 aliphatic rings. The topological polar surface area (TPSA) is 69.9 Å². The van der Waals surface area contributed by atoms with Gasteiger partial charge in [0.1, 0.15) is 6.10 Å². The Hall–Kier alpha value is -2.61. The maximum absolute atomic E-state index is 6.42. The number of benzene rings is 2. The van der Waals surface area contributed by atoms with Crippen LogP contribution in [0.25, 0.3) is 11.4 Å². The molecule has 2 aromatic carbocycles. The molecular weight excluding hydrogens is 382 g/mol. The van der Waals surface area contributed by atoms with E-state index < -0.39 is 0 Å². The molecule has 0 spiro atoms. The highest BCUT2D eigenvalue weighted by molar-refractivity contribution is 6.31. The Morgan fingerprint density at radius 3 is 2.79 bits per heavy atom. The maximum Gasteiger partial charge on any atom is 0.257 e. The number of ether oxygens (including phenoxy) is 3. The fraction of sp³-hybridized carbons (Fsp3) is 0.300. The zero-order valence-corrected chi connectivity index (χ0v) is 15.8. The van der Waals surface area contributed by atoms with Crippen molar-refractivity contribution >= 4 is 11.6 Å². The molecule has 144 valence electrons. The van der Waals surface area contributed by atoms with E-state index in [0.29, 0.717) is 42.2 Å². The predicted octanol–water partition coefficient (Wildman–Crippen LogP) is 3.69. The van der Waals surface area contributed by atoms with Crippen LogP contribution in [0.3, 0.4) is 0 Å². The van der Waals surface area contributed by atoms with Crippen LogP contribution in [0.5, 0.6) is 11.5 Å². The van der Waals surface area contributed by atoms with E-state index in [9.17, 15) is 0 Å². The molecule has 8 heteroatoms. The molecule has 1 aromatic heterocycles. The zero-order valence-electron chi connectivity index (χ0n) is 15.0. The SMILES string of the molecule is Clc1cc2c(cc1CN1CCO[C@@H](c3nc(-c4ccccc4)no3)C1)OCO2. The van der Waals surface area contributed by atoms with Crippen molar-refractivity contribution in [1.82, 2.24) is 15.0 Å². The summed E-state index contributed by atoms with van der Waals surface area (Å²) in [5.74, 6) is 2.47. The van der Waals surface area contributed by atoms with Crippen LogP contribution in [-0.2, 0) is 11.3 Å². The van der Waals surface area contributed by atoms with Crippen molar-refractivity contribution in [2.45, 2.75) is 12.6 Å². The van der Waals surface area contributed by atoms with Crippen LogP contribution in [0.15, 0.2) is 47.0 Å². The third kappa shape index (κ3) is 3.44. The highest BCUT2D eigenvalue weighted by Crippen LogP contribution is 2.37. The lowest BCUT2D eigenvalue weighted by molar-refractivity contribution is -0.0475. The van der Waals surface area contributed by atoms with Crippen LogP contribution in [0.2, 0.25) is 5.02 Å². The van der Waals surface area contributed by atoms with Gasteiger partial charge in [0.25, 0.3) is 5.89 Å². The molecule has 0 saturated carbocycles. The standard InChI is InChI=1S/C20H18ClN3O4/c21-15-9-17-16(26-12-27-17)8-14(15)10-24-6-7-25-18(11-24)20-22-19(23-28-20)13-4-2-1-3-5-13/h1-5,8-9,18H,6-7,10-12H2/t18-/m1/s1. The second-order valence-corrected chi connectivity index (χ2v) is 7.12. The molecule has 1 fully saturated rings. The molecule has 7 nitrogen and oxygen atoms in total. The molecule has 5 rings (SSSR count). The van der Waals surface area contributed by atoms with Crippen molar-refractivity contribution in [2.24, 2.45) is 0 Å². The Morgan fingerprint density at radius 1 is 1.11 bits per heavy atom. The molecule has 0 N–H and O–H groups in total. The first-order chi connectivity index (χ1) is 13.8. The number of hydrogen-bond donors (Lipinski definition) is 0. The van der Waals surface area contributed by atoms with Gasteiger partial charge in [-0.2, -0.15) is 4.98 Å². The van der Waals surface area contributed by atoms with E-state index in [4.69, 9.17) is 30.3 Å². The minimum Gasteiger partial charge on any atom is -0.454 e.